The molecule has 1 fully saturated rings. The molecule has 1 saturated heterocycles. The highest BCUT2D eigenvalue weighted by Gasteiger charge is 2.28. The van der Waals surface area contributed by atoms with Crippen LogP contribution in [0.1, 0.15) is 31.4 Å². The van der Waals surface area contributed by atoms with Crippen LogP contribution >= 0.6 is 0 Å². The Labute approximate surface area is 120 Å². The van der Waals surface area contributed by atoms with Crippen molar-refractivity contribution in [2.24, 2.45) is 11.7 Å². The Kier molecular flexibility index (Phi) is 5.52. The summed E-state index contributed by atoms with van der Waals surface area (Å²) in [7, 11) is 1.76. The predicted molar refractivity (Wildman–Crippen MR) is 79.0 cm³/mol. The monoisotopic (exact) mass is 280 g/mol. The van der Waals surface area contributed by atoms with Crippen molar-refractivity contribution in [3.05, 3.63) is 35.6 Å². The maximum absolute atomic E-state index is 13.1. The van der Waals surface area contributed by atoms with Gasteiger partial charge in [0.1, 0.15) is 5.82 Å². The third kappa shape index (κ3) is 3.78. The minimum Gasteiger partial charge on any atom is -0.384 e. The summed E-state index contributed by atoms with van der Waals surface area (Å²) in [5.41, 5.74) is 7.27. The minimum atomic E-state index is -0.198. The van der Waals surface area contributed by atoms with Gasteiger partial charge in [0.2, 0.25) is 0 Å². The van der Waals surface area contributed by atoms with Gasteiger partial charge in [-0.1, -0.05) is 12.1 Å². The van der Waals surface area contributed by atoms with E-state index in [2.05, 4.69) is 4.90 Å². The highest BCUT2D eigenvalue weighted by atomic mass is 19.1. The van der Waals surface area contributed by atoms with Crippen LogP contribution in [0.3, 0.4) is 0 Å². The molecule has 1 aromatic carbocycles. The van der Waals surface area contributed by atoms with Gasteiger partial charge in [-0.3, -0.25) is 4.90 Å². The smallest absolute Gasteiger partial charge is 0.123 e. The average molecular weight is 280 g/mol. The fraction of sp³-hybridized carbons (Fsp3) is 0.625. The molecule has 0 bridgehead atoms. The molecule has 0 aliphatic carbocycles. The van der Waals surface area contributed by atoms with Crippen LogP contribution < -0.4 is 5.73 Å². The Morgan fingerprint density at radius 1 is 1.30 bits per heavy atom. The van der Waals surface area contributed by atoms with Crippen LogP contribution in [0.2, 0.25) is 0 Å². The number of methoxy groups -OCH3 is 1. The number of piperidine rings is 1. The SMILES string of the molecule is COCC1CCN(C(c2ccc(F)cc2)C(C)N)CC1. The van der Waals surface area contributed by atoms with Crippen molar-refractivity contribution in [3.63, 3.8) is 0 Å². The molecular weight excluding hydrogens is 255 g/mol. The first-order valence-corrected chi connectivity index (χ1v) is 7.36. The van der Waals surface area contributed by atoms with Crippen molar-refractivity contribution in [1.29, 1.82) is 0 Å². The first-order chi connectivity index (χ1) is 9.61. The topological polar surface area (TPSA) is 38.5 Å². The molecule has 2 N–H and O–H groups in total. The molecule has 2 unspecified atom stereocenters. The molecule has 112 valence electrons. The molecule has 0 radical (unpaired) electrons. The molecule has 2 rings (SSSR count). The Morgan fingerprint density at radius 2 is 1.90 bits per heavy atom. The summed E-state index contributed by atoms with van der Waals surface area (Å²) in [5.74, 6) is 0.453. The van der Waals surface area contributed by atoms with Gasteiger partial charge in [0.05, 0.1) is 0 Å². The van der Waals surface area contributed by atoms with E-state index in [9.17, 15) is 4.39 Å². The zero-order chi connectivity index (χ0) is 14.5. The van der Waals surface area contributed by atoms with Crippen molar-refractivity contribution in [2.45, 2.75) is 31.8 Å². The lowest BCUT2D eigenvalue weighted by atomic mass is 9.92. The second-order valence-corrected chi connectivity index (χ2v) is 5.79. The highest BCUT2D eigenvalue weighted by molar-refractivity contribution is 5.21. The number of ether oxygens (including phenoxy) is 1. The van der Waals surface area contributed by atoms with Crippen LogP contribution in [0, 0.1) is 11.7 Å². The minimum absolute atomic E-state index is 0.0273. The largest absolute Gasteiger partial charge is 0.384 e. The quantitative estimate of drug-likeness (QED) is 0.901. The van der Waals surface area contributed by atoms with Gasteiger partial charge < -0.3 is 10.5 Å². The fourth-order valence-corrected chi connectivity index (χ4v) is 3.14. The van der Waals surface area contributed by atoms with E-state index in [1.807, 2.05) is 19.1 Å². The van der Waals surface area contributed by atoms with Crippen LogP contribution in [-0.2, 0) is 4.74 Å². The Balaban J connectivity index is 2.05. The summed E-state index contributed by atoms with van der Waals surface area (Å²) in [4.78, 5) is 2.42. The van der Waals surface area contributed by atoms with E-state index in [-0.39, 0.29) is 17.9 Å². The lowest BCUT2D eigenvalue weighted by Crippen LogP contribution is -2.44. The second kappa shape index (κ2) is 7.16. The first kappa shape index (κ1) is 15.4. The fourth-order valence-electron chi connectivity index (χ4n) is 3.14. The molecule has 0 saturated carbocycles. The standard InChI is InChI=1S/C16H25FN2O/c1-12(18)16(14-3-5-15(17)6-4-14)19-9-7-13(8-10-19)11-20-2/h3-6,12-13,16H,7-11,18H2,1-2H3. The molecule has 0 amide bonds. The third-order valence-electron chi connectivity index (χ3n) is 4.15. The van der Waals surface area contributed by atoms with Crippen molar-refractivity contribution in [2.75, 3.05) is 26.8 Å². The summed E-state index contributed by atoms with van der Waals surface area (Å²) in [6, 6.07) is 6.93. The van der Waals surface area contributed by atoms with E-state index in [0.29, 0.717) is 5.92 Å². The summed E-state index contributed by atoms with van der Waals surface area (Å²) in [5, 5.41) is 0. The number of hydrogen-bond acceptors (Lipinski definition) is 3. The van der Waals surface area contributed by atoms with E-state index in [4.69, 9.17) is 10.5 Å². The average Bonchev–Trinajstić information content (AvgIpc) is 2.43. The van der Waals surface area contributed by atoms with Crippen LogP contribution in [0.25, 0.3) is 0 Å². The molecule has 2 atom stereocenters. The molecule has 1 aliphatic rings. The summed E-state index contributed by atoms with van der Waals surface area (Å²) >= 11 is 0. The molecule has 0 spiro atoms. The zero-order valence-corrected chi connectivity index (χ0v) is 12.4. The van der Waals surface area contributed by atoms with Crippen LogP contribution in [0.15, 0.2) is 24.3 Å². The highest BCUT2D eigenvalue weighted by Crippen LogP contribution is 2.29. The Bertz CT molecular complexity index is 399. The molecule has 20 heavy (non-hydrogen) atoms. The number of benzene rings is 1. The number of halogens is 1. The molecule has 4 heteroatoms. The van der Waals surface area contributed by atoms with Crippen LogP contribution in [0.5, 0.6) is 0 Å². The number of likely N-dealkylation sites (tertiary alicyclic amines) is 1. The molecule has 1 aliphatic heterocycles. The van der Waals surface area contributed by atoms with Gasteiger partial charge in [-0.15, -0.1) is 0 Å². The molecule has 0 aromatic heterocycles. The maximum Gasteiger partial charge on any atom is 0.123 e. The van der Waals surface area contributed by atoms with Crippen LogP contribution in [0.4, 0.5) is 4.39 Å². The lowest BCUT2D eigenvalue weighted by molar-refractivity contribution is 0.0736. The van der Waals surface area contributed by atoms with Gasteiger partial charge in [0.15, 0.2) is 0 Å². The normalized spacial score (nSPS) is 20.8. The van der Waals surface area contributed by atoms with Gasteiger partial charge >= 0.3 is 0 Å². The van der Waals surface area contributed by atoms with E-state index >= 15 is 0 Å². The molecule has 1 heterocycles. The first-order valence-electron chi connectivity index (χ1n) is 7.36. The summed E-state index contributed by atoms with van der Waals surface area (Å²) < 4.78 is 18.3. The van der Waals surface area contributed by atoms with Crippen molar-refractivity contribution in [1.82, 2.24) is 4.90 Å². The summed E-state index contributed by atoms with van der Waals surface area (Å²) in [6.45, 7) is 4.91. The van der Waals surface area contributed by atoms with Crippen molar-refractivity contribution in [3.8, 4) is 0 Å². The lowest BCUT2D eigenvalue weighted by Gasteiger charge is -2.39. The number of nitrogens with two attached hydrogens (primary N) is 1. The van der Waals surface area contributed by atoms with E-state index < -0.39 is 0 Å². The van der Waals surface area contributed by atoms with Gasteiger partial charge in [-0.2, -0.15) is 0 Å². The predicted octanol–water partition coefficient (Wildman–Crippen LogP) is 2.57. The second-order valence-electron chi connectivity index (χ2n) is 5.79. The molecule has 3 nitrogen and oxygen atoms in total. The molecule has 1 aromatic rings. The summed E-state index contributed by atoms with van der Waals surface area (Å²) in [6.07, 6.45) is 2.27. The Hall–Kier alpha value is -0.970. The third-order valence-corrected chi connectivity index (χ3v) is 4.15. The maximum atomic E-state index is 13.1. The number of nitrogens with zero attached hydrogens (tertiary/aromatic N) is 1. The number of rotatable bonds is 5. The van der Waals surface area contributed by atoms with Gasteiger partial charge in [0, 0.05) is 25.8 Å². The Morgan fingerprint density at radius 3 is 2.40 bits per heavy atom. The van der Waals surface area contributed by atoms with E-state index in [0.717, 1.165) is 38.1 Å². The number of hydrogen-bond donors (Lipinski definition) is 1. The van der Waals surface area contributed by atoms with Crippen molar-refractivity contribution < 1.29 is 9.13 Å². The van der Waals surface area contributed by atoms with Gasteiger partial charge in [0.25, 0.3) is 0 Å². The molecular formula is C16H25FN2O. The van der Waals surface area contributed by atoms with Gasteiger partial charge in [-0.25, -0.2) is 4.39 Å². The van der Waals surface area contributed by atoms with Gasteiger partial charge in [-0.05, 0) is 56.5 Å². The van der Waals surface area contributed by atoms with Crippen molar-refractivity contribution >= 4 is 0 Å². The van der Waals surface area contributed by atoms with Crippen LogP contribution in [-0.4, -0.2) is 37.7 Å². The van der Waals surface area contributed by atoms with E-state index in [1.165, 1.54) is 12.1 Å². The zero-order valence-electron chi connectivity index (χ0n) is 12.4. The van der Waals surface area contributed by atoms with E-state index in [1.54, 1.807) is 7.11 Å².